The number of hydrogen-bond donors (Lipinski definition) is 2. The molecule has 0 aromatic heterocycles. The number of rotatable bonds is 7. The molecular formula is C12H17NO6S. The van der Waals surface area contributed by atoms with Crippen LogP contribution < -0.4 is 4.72 Å². The van der Waals surface area contributed by atoms with Gasteiger partial charge in [0.15, 0.2) is 6.29 Å². The molecule has 8 heteroatoms. The van der Waals surface area contributed by atoms with E-state index in [9.17, 15) is 13.2 Å². The molecule has 0 atom stereocenters. The molecule has 0 aliphatic heterocycles. The van der Waals surface area contributed by atoms with Gasteiger partial charge in [0.25, 0.3) is 0 Å². The van der Waals surface area contributed by atoms with Crippen LogP contribution in [0.25, 0.3) is 0 Å². The van der Waals surface area contributed by atoms with Crippen LogP contribution in [0.15, 0.2) is 23.1 Å². The maximum atomic E-state index is 12.1. The molecule has 1 aromatic rings. The van der Waals surface area contributed by atoms with Gasteiger partial charge in [-0.3, -0.25) is 0 Å². The lowest BCUT2D eigenvalue weighted by atomic mass is 10.1. The first kappa shape index (κ1) is 16.6. The Bertz CT molecular complexity index is 580. The first-order chi connectivity index (χ1) is 9.33. The molecule has 112 valence electrons. The Morgan fingerprint density at radius 2 is 1.95 bits per heavy atom. The molecule has 0 aliphatic carbocycles. The molecule has 0 saturated heterocycles. The second-order valence-corrected chi connectivity index (χ2v) is 5.72. The third kappa shape index (κ3) is 3.76. The fourth-order valence-corrected chi connectivity index (χ4v) is 2.94. The van der Waals surface area contributed by atoms with E-state index in [0.29, 0.717) is 0 Å². The van der Waals surface area contributed by atoms with Crippen LogP contribution in [-0.2, 0) is 19.5 Å². The van der Waals surface area contributed by atoms with Gasteiger partial charge < -0.3 is 14.6 Å². The molecule has 7 nitrogen and oxygen atoms in total. The van der Waals surface area contributed by atoms with E-state index in [-0.39, 0.29) is 22.6 Å². The van der Waals surface area contributed by atoms with E-state index < -0.39 is 22.3 Å². The Morgan fingerprint density at radius 1 is 1.35 bits per heavy atom. The van der Waals surface area contributed by atoms with Gasteiger partial charge in [0.2, 0.25) is 10.0 Å². The smallest absolute Gasteiger partial charge is 0.335 e. The zero-order valence-corrected chi connectivity index (χ0v) is 12.2. The van der Waals surface area contributed by atoms with Gasteiger partial charge in [-0.25, -0.2) is 17.9 Å². The molecule has 0 spiro atoms. The second kappa shape index (κ2) is 6.80. The number of hydrogen-bond acceptors (Lipinski definition) is 5. The summed E-state index contributed by atoms with van der Waals surface area (Å²) in [7, 11) is -1.06. The van der Waals surface area contributed by atoms with Crippen molar-refractivity contribution in [1.82, 2.24) is 4.72 Å². The SMILES string of the molecule is COC(CNS(=O)(=O)c1cccc(C(=O)O)c1C)OC. The summed E-state index contributed by atoms with van der Waals surface area (Å²) in [6.07, 6.45) is -0.715. The molecule has 0 heterocycles. The third-order valence-electron chi connectivity index (χ3n) is 2.77. The van der Waals surface area contributed by atoms with Crippen molar-refractivity contribution in [3.63, 3.8) is 0 Å². The molecule has 0 fully saturated rings. The Hall–Kier alpha value is -1.48. The van der Waals surface area contributed by atoms with Crippen molar-refractivity contribution < 1.29 is 27.8 Å². The van der Waals surface area contributed by atoms with E-state index in [1.807, 2.05) is 0 Å². The normalized spacial score (nSPS) is 11.8. The summed E-state index contributed by atoms with van der Waals surface area (Å²) in [5.74, 6) is -1.17. The minimum absolute atomic E-state index is 0.0529. The first-order valence-electron chi connectivity index (χ1n) is 5.71. The highest BCUT2D eigenvalue weighted by Crippen LogP contribution is 2.18. The number of aromatic carboxylic acids is 1. The summed E-state index contributed by atoms with van der Waals surface area (Å²) in [6, 6.07) is 4.08. The van der Waals surface area contributed by atoms with Crippen molar-refractivity contribution in [2.45, 2.75) is 18.1 Å². The summed E-state index contributed by atoms with van der Waals surface area (Å²) < 4.78 is 36.4. The number of nitrogens with one attached hydrogen (secondary N) is 1. The Morgan fingerprint density at radius 3 is 2.45 bits per heavy atom. The summed E-state index contributed by atoms with van der Waals surface area (Å²) in [5, 5.41) is 8.99. The Kier molecular flexibility index (Phi) is 5.63. The van der Waals surface area contributed by atoms with Gasteiger partial charge in [-0.15, -0.1) is 0 Å². The highest BCUT2D eigenvalue weighted by molar-refractivity contribution is 7.89. The van der Waals surface area contributed by atoms with Gasteiger partial charge in [-0.05, 0) is 24.6 Å². The number of methoxy groups -OCH3 is 2. The van der Waals surface area contributed by atoms with Crippen molar-refractivity contribution in [3.05, 3.63) is 29.3 Å². The lowest BCUT2D eigenvalue weighted by Gasteiger charge is -2.15. The predicted octanol–water partition coefficient (Wildman–Crippen LogP) is 0.590. The maximum absolute atomic E-state index is 12.1. The van der Waals surface area contributed by atoms with Gasteiger partial charge >= 0.3 is 5.97 Å². The van der Waals surface area contributed by atoms with Crippen LogP contribution in [0, 0.1) is 6.92 Å². The molecule has 0 saturated carbocycles. The van der Waals surface area contributed by atoms with E-state index in [4.69, 9.17) is 14.6 Å². The number of carbonyl (C=O) groups is 1. The Labute approximate surface area is 117 Å². The summed E-state index contributed by atoms with van der Waals surface area (Å²) >= 11 is 0. The van der Waals surface area contributed by atoms with E-state index in [2.05, 4.69) is 4.72 Å². The van der Waals surface area contributed by atoms with Crippen molar-refractivity contribution in [2.24, 2.45) is 0 Å². The van der Waals surface area contributed by atoms with Gasteiger partial charge in [-0.1, -0.05) is 6.07 Å². The lowest BCUT2D eigenvalue weighted by Crippen LogP contribution is -2.34. The van der Waals surface area contributed by atoms with Crippen molar-refractivity contribution in [1.29, 1.82) is 0 Å². The average Bonchev–Trinajstić information content (AvgIpc) is 2.39. The summed E-state index contributed by atoms with van der Waals surface area (Å²) in [4.78, 5) is 10.9. The zero-order valence-electron chi connectivity index (χ0n) is 11.4. The van der Waals surface area contributed by atoms with E-state index in [1.165, 1.54) is 39.3 Å². The fourth-order valence-electron chi connectivity index (χ4n) is 1.66. The van der Waals surface area contributed by atoms with Gasteiger partial charge in [0, 0.05) is 14.2 Å². The minimum atomic E-state index is -3.84. The summed E-state index contributed by atoms with van der Waals surface area (Å²) in [5.41, 5.74) is 0.127. The molecule has 1 rings (SSSR count). The molecule has 0 amide bonds. The molecule has 0 unspecified atom stereocenters. The second-order valence-electron chi connectivity index (χ2n) is 3.99. The number of sulfonamides is 1. The number of carboxylic acid groups (broad SMARTS) is 1. The largest absolute Gasteiger partial charge is 0.478 e. The molecule has 20 heavy (non-hydrogen) atoms. The monoisotopic (exact) mass is 303 g/mol. The highest BCUT2D eigenvalue weighted by atomic mass is 32.2. The number of ether oxygens (including phenoxy) is 2. The predicted molar refractivity (Wildman–Crippen MR) is 71.1 cm³/mol. The third-order valence-corrected chi connectivity index (χ3v) is 4.34. The van der Waals surface area contributed by atoms with Crippen LogP contribution in [-0.4, -0.2) is 46.5 Å². The van der Waals surface area contributed by atoms with Crippen molar-refractivity contribution in [2.75, 3.05) is 20.8 Å². The van der Waals surface area contributed by atoms with E-state index >= 15 is 0 Å². The van der Waals surface area contributed by atoms with Crippen LogP contribution in [0.5, 0.6) is 0 Å². The van der Waals surface area contributed by atoms with E-state index in [0.717, 1.165) is 0 Å². The van der Waals surface area contributed by atoms with Crippen LogP contribution in [0.4, 0.5) is 0 Å². The van der Waals surface area contributed by atoms with Gasteiger partial charge in [0.05, 0.1) is 17.0 Å². The zero-order chi connectivity index (χ0) is 15.3. The van der Waals surface area contributed by atoms with Crippen molar-refractivity contribution in [3.8, 4) is 0 Å². The molecule has 1 aromatic carbocycles. The van der Waals surface area contributed by atoms with Crippen molar-refractivity contribution >= 4 is 16.0 Å². The Balaban J connectivity index is 3.04. The molecule has 0 aliphatic rings. The summed E-state index contributed by atoms with van der Waals surface area (Å²) in [6.45, 7) is 1.37. The van der Waals surface area contributed by atoms with Crippen LogP contribution >= 0.6 is 0 Å². The number of carboxylic acids is 1. The first-order valence-corrected chi connectivity index (χ1v) is 7.20. The van der Waals surface area contributed by atoms with Crippen LogP contribution in [0.1, 0.15) is 15.9 Å². The van der Waals surface area contributed by atoms with Gasteiger partial charge in [-0.2, -0.15) is 0 Å². The lowest BCUT2D eigenvalue weighted by molar-refractivity contribution is -0.0960. The molecule has 0 radical (unpaired) electrons. The topological polar surface area (TPSA) is 102 Å². The van der Waals surface area contributed by atoms with Crippen LogP contribution in [0.2, 0.25) is 0 Å². The fraction of sp³-hybridized carbons (Fsp3) is 0.417. The molecule has 0 bridgehead atoms. The number of benzene rings is 1. The highest BCUT2D eigenvalue weighted by Gasteiger charge is 2.21. The average molecular weight is 303 g/mol. The van der Waals surface area contributed by atoms with Crippen LogP contribution in [0.3, 0.4) is 0 Å². The standard InChI is InChI=1S/C12H17NO6S/c1-8-9(12(14)15)5-4-6-10(8)20(16,17)13-7-11(18-2)19-3/h4-6,11,13H,7H2,1-3H3,(H,14,15). The van der Waals surface area contributed by atoms with Gasteiger partial charge in [0.1, 0.15) is 0 Å². The molecule has 2 N–H and O–H groups in total. The quantitative estimate of drug-likeness (QED) is 0.715. The maximum Gasteiger partial charge on any atom is 0.335 e. The molecular weight excluding hydrogens is 286 g/mol. The minimum Gasteiger partial charge on any atom is -0.478 e. The van der Waals surface area contributed by atoms with E-state index in [1.54, 1.807) is 0 Å².